The van der Waals surface area contributed by atoms with E-state index in [1.165, 1.54) is 38.5 Å². The zero-order valence-corrected chi connectivity index (χ0v) is 14.8. The Morgan fingerprint density at radius 1 is 0.905 bits per heavy atom. The minimum absolute atomic E-state index is 0.0554. The van der Waals surface area contributed by atoms with Gasteiger partial charge in [-0.05, 0) is 75.0 Å². The van der Waals surface area contributed by atoms with Gasteiger partial charge in [0, 0.05) is 0 Å². The molecule has 1 saturated heterocycles. The Kier molecular flexibility index (Phi) is 3.41. The van der Waals surface area contributed by atoms with Crippen molar-refractivity contribution in [2.45, 2.75) is 90.8 Å². The van der Waals surface area contributed by atoms with Crippen molar-refractivity contribution in [1.29, 1.82) is 0 Å². The highest BCUT2D eigenvalue weighted by Crippen LogP contribution is 2.65. The molecule has 5 atom stereocenters. The zero-order valence-electron chi connectivity index (χ0n) is 14.8. The lowest BCUT2D eigenvalue weighted by Crippen LogP contribution is -2.62. The van der Waals surface area contributed by atoms with E-state index >= 15 is 0 Å². The van der Waals surface area contributed by atoms with Crippen molar-refractivity contribution in [3.8, 4) is 0 Å². The van der Waals surface area contributed by atoms with E-state index < -0.39 is 0 Å². The maximum atomic E-state index is 6.68. The Labute approximate surface area is 131 Å². The molecule has 0 spiro atoms. The predicted octanol–water partition coefficient (Wildman–Crippen LogP) is 5.74. The molecule has 3 fully saturated rings. The van der Waals surface area contributed by atoms with Gasteiger partial charge < -0.3 is 4.74 Å². The number of rotatable bonds is 1. The molecule has 3 aliphatic rings. The molecule has 2 saturated carbocycles. The smallest absolute Gasteiger partial charge is 0.0839 e. The van der Waals surface area contributed by atoms with Crippen LogP contribution in [0.5, 0.6) is 0 Å². The molecule has 0 N–H and O–H groups in total. The molecule has 1 nitrogen and oxygen atoms in total. The highest BCUT2D eigenvalue weighted by atomic mass is 16.5. The van der Waals surface area contributed by atoms with Gasteiger partial charge in [0.05, 0.1) is 11.2 Å². The molecule has 0 aromatic heterocycles. The van der Waals surface area contributed by atoms with Gasteiger partial charge in [-0.15, -0.1) is 6.58 Å². The molecular weight excluding hydrogens is 256 g/mol. The number of hydrogen-bond acceptors (Lipinski definition) is 1. The second-order valence-corrected chi connectivity index (χ2v) is 9.46. The molecule has 1 heteroatoms. The maximum absolute atomic E-state index is 6.68. The minimum atomic E-state index is -0.112. The maximum Gasteiger partial charge on any atom is 0.0839 e. The highest BCUT2D eigenvalue weighted by molar-refractivity contribution is 5.12. The van der Waals surface area contributed by atoms with E-state index in [-0.39, 0.29) is 11.2 Å². The average Bonchev–Trinajstić information content (AvgIpc) is 2.36. The zero-order chi connectivity index (χ0) is 15.5. The molecule has 0 amide bonds. The molecule has 3 rings (SSSR count). The third-order valence-electron chi connectivity index (χ3n) is 7.57. The van der Waals surface area contributed by atoms with Crippen LogP contribution in [0.4, 0.5) is 0 Å². The summed E-state index contributed by atoms with van der Waals surface area (Å²) in [6.45, 7) is 16.2. The van der Waals surface area contributed by atoms with Gasteiger partial charge in [0.25, 0.3) is 0 Å². The summed E-state index contributed by atoms with van der Waals surface area (Å²) in [5.41, 5.74) is 0.920. The lowest BCUT2D eigenvalue weighted by atomic mass is 9.44. The fourth-order valence-electron chi connectivity index (χ4n) is 6.52. The van der Waals surface area contributed by atoms with Crippen LogP contribution in [0, 0.1) is 22.7 Å². The minimum Gasteiger partial charge on any atom is -0.365 e. The molecule has 21 heavy (non-hydrogen) atoms. The molecule has 0 bridgehead atoms. The van der Waals surface area contributed by atoms with Crippen LogP contribution in [-0.2, 0) is 4.74 Å². The number of hydrogen-bond donors (Lipinski definition) is 0. The van der Waals surface area contributed by atoms with Gasteiger partial charge in [-0.25, -0.2) is 0 Å². The fraction of sp³-hybridized carbons (Fsp3) is 0.900. The van der Waals surface area contributed by atoms with E-state index in [4.69, 9.17) is 4.74 Å². The number of fused-ring (bicyclic) bond motifs is 3. The van der Waals surface area contributed by atoms with Gasteiger partial charge in [0.1, 0.15) is 0 Å². The summed E-state index contributed by atoms with van der Waals surface area (Å²) in [4.78, 5) is 0. The molecule has 0 aromatic rings. The normalized spacial score (nSPS) is 52.6. The lowest BCUT2D eigenvalue weighted by Gasteiger charge is -2.65. The highest BCUT2D eigenvalue weighted by Gasteiger charge is 2.61. The topological polar surface area (TPSA) is 9.23 Å². The summed E-state index contributed by atoms with van der Waals surface area (Å²) in [6.07, 6.45) is 11.2. The quantitative estimate of drug-likeness (QED) is 0.559. The van der Waals surface area contributed by atoms with Crippen LogP contribution < -0.4 is 0 Å². The van der Waals surface area contributed by atoms with E-state index in [0.29, 0.717) is 10.8 Å². The van der Waals surface area contributed by atoms with Crippen molar-refractivity contribution in [2.75, 3.05) is 0 Å². The van der Waals surface area contributed by atoms with Gasteiger partial charge in [-0.3, -0.25) is 0 Å². The van der Waals surface area contributed by atoms with Crippen LogP contribution in [0.15, 0.2) is 12.7 Å². The van der Waals surface area contributed by atoms with E-state index in [9.17, 15) is 0 Å². The van der Waals surface area contributed by atoms with Crippen molar-refractivity contribution in [1.82, 2.24) is 0 Å². The molecule has 0 aromatic carbocycles. The first kappa shape index (κ1) is 15.6. The Morgan fingerprint density at radius 3 is 2.24 bits per heavy atom. The number of ether oxygens (including phenoxy) is 1. The molecule has 0 radical (unpaired) electrons. The van der Waals surface area contributed by atoms with Crippen LogP contribution in [0.2, 0.25) is 0 Å². The van der Waals surface area contributed by atoms with Crippen molar-refractivity contribution in [3.05, 3.63) is 12.7 Å². The van der Waals surface area contributed by atoms with Crippen LogP contribution in [-0.4, -0.2) is 11.2 Å². The van der Waals surface area contributed by atoms with Gasteiger partial charge in [0.15, 0.2) is 0 Å². The molecule has 2 aliphatic carbocycles. The third kappa shape index (κ3) is 2.22. The second kappa shape index (κ2) is 4.60. The molecule has 3 unspecified atom stereocenters. The van der Waals surface area contributed by atoms with Crippen molar-refractivity contribution in [2.24, 2.45) is 22.7 Å². The van der Waals surface area contributed by atoms with E-state index in [0.717, 1.165) is 18.3 Å². The molecular formula is C20H34O. The summed E-state index contributed by atoms with van der Waals surface area (Å²) < 4.78 is 6.68. The first-order valence-electron chi connectivity index (χ1n) is 8.99. The van der Waals surface area contributed by atoms with E-state index in [1.807, 2.05) is 6.08 Å². The second-order valence-electron chi connectivity index (χ2n) is 9.46. The third-order valence-corrected chi connectivity index (χ3v) is 7.57. The van der Waals surface area contributed by atoms with Gasteiger partial charge >= 0.3 is 0 Å². The van der Waals surface area contributed by atoms with Gasteiger partial charge in [-0.2, -0.15) is 0 Å². The van der Waals surface area contributed by atoms with Crippen molar-refractivity contribution >= 4 is 0 Å². The monoisotopic (exact) mass is 290 g/mol. The SMILES string of the molecule is C=CC1(C)CCC2[C@]3(C)CCCC(C)(C)C3CC[C@]2(C)O1. The Morgan fingerprint density at radius 2 is 1.57 bits per heavy atom. The molecule has 120 valence electrons. The van der Waals surface area contributed by atoms with Crippen LogP contribution >= 0.6 is 0 Å². The van der Waals surface area contributed by atoms with Gasteiger partial charge in [-0.1, -0.05) is 33.3 Å². The van der Waals surface area contributed by atoms with Crippen LogP contribution in [0.1, 0.15) is 79.6 Å². The molecule has 1 aliphatic heterocycles. The van der Waals surface area contributed by atoms with Crippen molar-refractivity contribution in [3.63, 3.8) is 0 Å². The largest absolute Gasteiger partial charge is 0.365 e. The summed E-state index contributed by atoms with van der Waals surface area (Å²) >= 11 is 0. The van der Waals surface area contributed by atoms with Crippen molar-refractivity contribution < 1.29 is 4.74 Å². The van der Waals surface area contributed by atoms with Crippen LogP contribution in [0.25, 0.3) is 0 Å². The summed E-state index contributed by atoms with van der Waals surface area (Å²) in [5, 5.41) is 0. The first-order chi connectivity index (χ1) is 9.65. The first-order valence-corrected chi connectivity index (χ1v) is 8.99. The van der Waals surface area contributed by atoms with E-state index in [1.54, 1.807) is 0 Å². The summed E-state index contributed by atoms with van der Waals surface area (Å²) in [7, 11) is 0. The Hall–Kier alpha value is -0.300. The molecule has 1 heterocycles. The summed E-state index contributed by atoms with van der Waals surface area (Å²) in [5.74, 6) is 1.59. The van der Waals surface area contributed by atoms with Crippen LogP contribution in [0.3, 0.4) is 0 Å². The standard InChI is InChI=1S/C20H34O/c1-7-18(4)13-9-16-19(5)12-8-11-17(2,3)15(19)10-14-20(16,6)21-18/h7,15-16H,1,8-14H2,2-6H3/t15?,16?,18?,19-,20+/m1/s1. The van der Waals surface area contributed by atoms with Gasteiger partial charge in [0.2, 0.25) is 0 Å². The Balaban J connectivity index is 1.94. The summed E-state index contributed by atoms with van der Waals surface area (Å²) in [6, 6.07) is 0. The van der Waals surface area contributed by atoms with E-state index in [2.05, 4.69) is 41.2 Å². The lowest BCUT2D eigenvalue weighted by molar-refractivity contribution is -0.252. The predicted molar refractivity (Wildman–Crippen MR) is 89.3 cm³/mol. The average molecular weight is 290 g/mol. The Bertz CT molecular complexity index is 439. The fourth-order valence-corrected chi connectivity index (χ4v) is 6.52.